The Bertz CT molecular complexity index is 1020. The summed E-state index contributed by atoms with van der Waals surface area (Å²) in [5.74, 6) is -0.956. The van der Waals surface area contributed by atoms with Gasteiger partial charge in [-0.15, -0.1) is 11.3 Å². The van der Waals surface area contributed by atoms with E-state index < -0.39 is 10.7 Å². The molecule has 5 nitrogen and oxygen atoms in total. The Labute approximate surface area is 153 Å². The van der Waals surface area contributed by atoms with Crippen LogP contribution in [0.25, 0.3) is 21.3 Å². The van der Waals surface area contributed by atoms with Gasteiger partial charge in [0.2, 0.25) is 0 Å². The van der Waals surface area contributed by atoms with Gasteiger partial charge in [-0.25, -0.2) is 4.98 Å². The standard InChI is InChI=1S/C18H18N2O3S2/c1-9-5-7-11(8-6-9)12-10(2)24-15-13(12)14(21)19-17(20-15)25-18(3,4)16(22)23/h5-8H,1-4H3,(H,22,23)(H,19,20,21). The van der Waals surface area contributed by atoms with Gasteiger partial charge in [0.05, 0.1) is 5.39 Å². The molecular formula is C18H18N2O3S2. The topological polar surface area (TPSA) is 83.0 Å². The van der Waals surface area contributed by atoms with E-state index in [0.717, 1.165) is 33.3 Å². The maximum Gasteiger partial charge on any atom is 0.319 e. The second-order valence-electron chi connectivity index (χ2n) is 6.37. The van der Waals surface area contributed by atoms with Crippen LogP contribution in [0, 0.1) is 13.8 Å². The maximum atomic E-state index is 12.7. The second-order valence-corrected chi connectivity index (χ2v) is 9.18. The van der Waals surface area contributed by atoms with E-state index in [-0.39, 0.29) is 5.56 Å². The van der Waals surface area contributed by atoms with E-state index in [1.807, 2.05) is 38.1 Å². The minimum absolute atomic E-state index is 0.242. The molecular weight excluding hydrogens is 356 g/mol. The zero-order valence-electron chi connectivity index (χ0n) is 14.3. The van der Waals surface area contributed by atoms with Crippen LogP contribution in [0.2, 0.25) is 0 Å². The van der Waals surface area contributed by atoms with Crippen LogP contribution in [0.15, 0.2) is 34.2 Å². The van der Waals surface area contributed by atoms with Gasteiger partial charge in [-0.2, -0.15) is 0 Å². The fourth-order valence-electron chi connectivity index (χ4n) is 2.50. The predicted octanol–water partition coefficient (Wildman–Crippen LogP) is 4.22. The maximum absolute atomic E-state index is 12.7. The number of rotatable bonds is 4. The number of hydrogen-bond donors (Lipinski definition) is 2. The van der Waals surface area contributed by atoms with Crippen molar-refractivity contribution in [3.8, 4) is 11.1 Å². The van der Waals surface area contributed by atoms with Crippen molar-refractivity contribution >= 4 is 39.3 Å². The van der Waals surface area contributed by atoms with Gasteiger partial charge in [-0.1, -0.05) is 41.6 Å². The third-order valence-electron chi connectivity index (χ3n) is 3.92. The highest BCUT2D eigenvalue weighted by atomic mass is 32.2. The zero-order chi connectivity index (χ0) is 18.4. The number of H-pyrrole nitrogens is 1. The molecule has 0 amide bonds. The first-order valence-electron chi connectivity index (χ1n) is 7.72. The molecule has 25 heavy (non-hydrogen) atoms. The van der Waals surface area contributed by atoms with Crippen molar-refractivity contribution in [2.75, 3.05) is 0 Å². The molecule has 0 aliphatic heterocycles. The number of carbonyl (C=O) groups is 1. The van der Waals surface area contributed by atoms with Crippen LogP contribution in [-0.2, 0) is 4.79 Å². The summed E-state index contributed by atoms with van der Waals surface area (Å²) in [4.78, 5) is 32.8. The molecule has 3 rings (SSSR count). The van der Waals surface area contributed by atoms with Crippen LogP contribution in [-0.4, -0.2) is 25.8 Å². The molecule has 7 heteroatoms. The molecule has 1 aromatic carbocycles. The van der Waals surface area contributed by atoms with Crippen molar-refractivity contribution in [1.82, 2.24) is 9.97 Å². The molecule has 0 saturated carbocycles. The first kappa shape index (κ1) is 17.7. The molecule has 2 aromatic heterocycles. The number of thiophene rings is 1. The van der Waals surface area contributed by atoms with Crippen molar-refractivity contribution in [1.29, 1.82) is 0 Å². The number of carboxylic acids is 1. The fraction of sp³-hybridized carbons (Fsp3) is 0.278. The molecule has 0 spiro atoms. The van der Waals surface area contributed by atoms with Gasteiger partial charge in [0, 0.05) is 10.4 Å². The summed E-state index contributed by atoms with van der Waals surface area (Å²) >= 11 is 2.48. The highest BCUT2D eigenvalue weighted by Gasteiger charge is 2.30. The number of thioether (sulfide) groups is 1. The highest BCUT2D eigenvalue weighted by Crippen LogP contribution is 2.37. The van der Waals surface area contributed by atoms with E-state index in [9.17, 15) is 14.7 Å². The van der Waals surface area contributed by atoms with Crippen molar-refractivity contribution in [3.05, 3.63) is 45.1 Å². The Balaban J connectivity index is 2.15. The van der Waals surface area contributed by atoms with Gasteiger partial charge in [-0.05, 0) is 33.3 Å². The summed E-state index contributed by atoms with van der Waals surface area (Å²) in [6.45, 7) is 7.16. The molecule has 0 atom stereocenters. The van der Waals surface area contributed by atoms with Crippen molar-refractivity contribution in [2.45, 2.75) is 37.6 Å². The molecule has 0 aliphatic carbocycles. The smallest absolute Gasteiger partial charge is 0.319 e. The molecule has 0 fully saturated rings. The van der Waals surface area contributed by atoms with Crippen LogP contribution >= 0.6 is 23.1 Å². The summed E-state index contributed by atoms with van der Waals surface area (Å²) in [5, 5.41) is 10.1. The number of benzene rings is 1. The normalized spacial score (nSPS) is 11.8. The Morgan fingerprint density at radius 2 is 1.88 bits per heavy atom. The summed E-state index contributed by atoms with van der Waals surface area (Å²) < 4.78 is -1.07. The second kappa shape index (κ2) is 6.31. The van der Waals surface area contributed by atoms with Crippen LogP contribution in [0.5, 0.6) is 0 Å². The number of aromatic nitrogens is 2. The molecule has 3 aromatic rings. The lowest BCUT2D eigenvalue weighted by molar-refractivity contribution is -0.138. The van der Waals surface area contributed by atoms with Gasteiger partial charge in [0.1, 0.15) is 9.58 Å². The number of hydrogen-bond acceptors (Lipinski definition) is 5. The van der Waals surface area contributed by atoms with Gasteiger partial charge < -0.3 is 10.1 Å². The third kappa shape index (κ3) is 3.34. The monoisotopic (exact) mass is 374 g/mol. The van der Waals surface area contributed by atoms with E-state index in [1.54, 1.807) is 13.8 Å². The zero-order valence-corrected chi connectivity index (χ0v) is 16.0. The number of aromatic amines is 1. The largest absolute Gasteiger partial charge is 0.480 e. The molecule has 0 radical (unpaired) electrons. The van der Waals surface area contributed by atoms with Gasteiger partial charge >= 0.3 is 5.97 Å². The number of aryl methyl sites for hydroxylation is 2. The van der Waals surface area contributed by atoms with Crippen LogP contribution < -0.4 is 5.56 Å². The van der Waals surface area contributed by atoms with E-state index in [0.29, 0.717) is 15.4 Å². The van der Waals surface area contributed by atoms with E-state index in [4.69, 9.17) is 0 Å². The molecule has 0 bridgehead atoms. The van der Waals surface area contributed by atoms with Crippen molar-refractivity contribution in [3.63, 3.8) is 0 Å². The Kier molecular flexibility index (Phi) is 4.47. The minimum atomic E-state index is -1.07. The number of nitrogens with zero attached hydrogens (tertiary/aromatic N) is 1. The number of nitrogens with one attached hydrogen (secondary N) is 1. The summed E-state index contributed by atoms with van der Waals surface area (Å²) in [5.41, 5.74) is 2.78. The SMILES string of the molecule is Cc1ccc(-c2c(C)sc3nc(SC(C)(C)C(=O)O)[nH]c(=O)c23)cc1. The molecule has 130 valence electrons. The number of carboxylic acid groups (broad SMARTS) is 1. The lowest BCUT2D eigenvalue weighted by Crippen LogP contribution is -2.27. The van der Waals surface area contributed by atoms with Crippen molar-refractivity contribution < 1.29 is 9.90 Å². The summed E-state index contributed by atoms with van der Waals surface area (Å²) in [7, 11) is 0. The van der Waals surface area contributed by atoms with E-state index in [2.05, 4.69) is 9.97 Å². The quantitative estimate of drug-likeness (QED) is 0.528. The average molecular weight is 374 g/mol. The highest BCUT2D eigenvalue weighted by molar-refractivity contribution is 8.01. The molecule has 2 heterocycles. The average Bonchev–Trinajstić information content (AvgIpc) is 2.84. The summed E-state index contributed by atoms with van der Waals surface area (Å²) in [6.07, 6.45) is 0. The summed E-state index contributed by atoms with van der Waals surface area (Å²) in [6, 6.07) is 8.03. The third-order valence-corrected chi connectivity index (χ3v) is 5.99. The van der Waals surface area contributed by atoms with Crippen LogP contribution in [0.1, 0.15) is 24.3 Å². The molecule has 0 saturated heterocycles. The van der Waals surface area contributed by atoms with E-state index >= 15 is 0 Å². The Morgan fingerprint density at radius 3 is 2.48 bits per heavy atom. The van der Waals surface area contributed by atoms with Crippen LogP contribution in [0.4, 0.5) is 0 Å². The molecule has 2 N–H and O–H groups in total. The Morgan fingerprint density at radius 1 is 1.24 bits per heavy atom. The first-order valence-corrected chi connectivity index (χ1v) is 9.35. The number of aliphatic carboxylic acids is 1. The lowest BCUT2D eigenvalue weighted by Gasteiger charge is -2.16. The van der Waals surface area contributed by atoms with Gasteiger partial charge in [-0.3, -0.25) is 9.59 Å². The molecule has 0 unspecified atom stereocenters. The van der Waals surface area contributed by atoms with Crippen LogP contribution in [0.3, 0.4) is 0 Å². The first-order chi connectivity index (χ1) is 11.7. The van der Waals surface area contributed by atoms with Gasteiger partial charge in [0.25, 0.3) is 5.56 Å². The predicted molar refractivity (Wildman–Crippen MR) is 103 cm³/mol. The van der Waals surface area contributed by atoms with E-state index in [1.165, 1.54) is 11.3 Å². The minimum Gasteiger partial charge on any atom is -0.480 e. The Hall–Kier alpha value is -2.12. The van der Waals surface area contributed by atoms with Gasteiger partial charge in [0.15, 0.2) is 5.16 Å². The van der Waals surface area contributed by atoms with Crippen molar-refractivity contribution in [2.24, 2.45) is 0 Å². The fourth-order valence-corrected chi connectivity index (χ4v) is 4.46. The lowest BCUT2D eigenvalue weighted by atomic mass is 10.0. The number of fused-ring (bicyclic) bond motifs is 1. The molecule has 0 aliphatic rings.